The minimum absolute atomic E-state index is 0. The lowest BCUT2D eigenvalue weighted by Gasteiger charge is -2.39. The van der Waals surface area contributed by atoms with E-state index >= 15 is 0 Å². The van der Waals surface area contributed by atoms with Crippen molar-refractivity contribution in [2.45, 2.75) is 37.3 Å². The maximum Gasteiger partial charge on any atom is 0.116 e. The summed E-state index contributed by atoms with van der Waals surface area (Å²) >= 11 is 6.19. The molecule has 1 saturated heterocycles. The standard InChI is InChI=1S/C20H24ClNO.ClH/c1-22-13-6-5-12-19(22)15-20(23,16-8-3-2-4-9-16)17-10-7-11-18(21)14-17;/h2-4,7-11,14,19,23H,5-6,12-13,15H2,1H3;1H. The molecule has 4 heteroatoms. The lowest BCUT2D eigenvalue weighted by molar-refractivity contribution is 0.0285. The van der Waals surface area contributed by atoms with Crippen LogP contribution in [0.25, 0.3) is 0 Å². The van der Waals surface area contributed by atoms with Gasteiger partial charge < -0.3 is 10.0 Å². The number of piperidine rings is 1. The van der Waals surface area contributed by atoms with Gasteiger partial charge in [0.15, 0.2) is 0 Å². The Kier molecular flexibility index (Phi) is 6.70. The van der Waals surface area contributed by atoms with Crippen LogP contribution in [-0.2, 0) is 5.60 Å². The van der Waals surface area contributed by atoms with E-state index in [1.54, 1.807) is 0 Å². The molecule has 2 unspecified atom stereocenters. The minimum atomic E-state index is -1.01. The molecule has 0 bridgehead atoms. The molecule has 1 aliphatic heterocycles. The Bertz CT molecular complexity index is 649. The first kappa shape index (κ1) is 19.3. The van der Waals surface area contributed by atoms with E-state index in [-0.39, 0.29) is 12.4 Å². The maximum absolute atomic E-state index is 11.7. The number of hydrogen-bond acceptors (Lipinski definition) is 2. The van der Waals surface area contributed by atoms with Gasteiger partial charge in [-0.05, 0) is 49.7 Å². The van der Waals surface area contributed by atoms with Crippen LogP contribution < -0.4 is 0 Å². The molecule has 0 saturated carbocycles. The van der Waals surface area contributed by atoms with Crippen molar-refractivity contribution in [1.29, 1.82) is 0 Å². The molecule has 1 fully saturated rings. The summed E-state index contributed by atoms with van der Waals surface area (Å²) in [7, 11) is 2.16. The third kappa shape index (κ3) is 4.12. The van der Waals surface area contributed by atoms with Crippen LogP contribution in [0.4, 0.5) is 0 Å². The minimum Gasteiger partial charge on any atom is -0.380 e. The van der Waals surface area contributed by atoms with Gasteiger partial charge in [-0.15, -0.1) is 12.4 Å². The summed E-state index contributed by atoms with van der Waals surface area (Å²) in [5.41, 5.74) is 0.791. The Morgan fingerprint density at radius 1 is 1.08 bits per heavy atom. The second kappa shape index (κ2) is 8.35. The van der Waals surface area contributed by atoms with E-state index in [0.717, 1.165) is 24.1 Å². The Morgan fingerprint density at radius 2 is 1.79 bits per heavy atom. The van der Waals surface area contributed by atoms with Crippen LogP contribution in [0.5, 0.6) is 0 Å². The first-order chi connectivity index (χ1) is 11.1. The molecule has 0 spiro atoms. The van der Waals surface area contributed by atoms with Gasteiger partial charge in [0.1, 0.15) is 5.60 Å². The number of likely N-dealkylation sites (tertiary alicyclic amines) is 1. The van der Waals surface area contributed by atoms with Crippen molar-refractivity contribution in [3.63, 3.8) is 0 Å². The van der Waals surface area contributed by atoms with E-state index in [4.69, 9.17) is 11.6 Å². The second-order valence-corrected chi connectivity index (χ2v) is 7.01. The summed E-state index contributed by atoms with van der Waals surface area (Å²) in [6.07, 6.45) is 4.30. The van der Waals surface area contributed by atoms with Gasteiger partial charge in [-0.25, -0.2) is 0 Å². The van der Waals surface area contributed by atoms with E-state index in [1.165, 1.54) is 12.8 Å². The number of rotatable bonds is 4. The largest absolute Gasteiger partial charge is 0.380 e. The molecule has 0 aromatic heterocycles. The van der Waals surface area contributed by atoms with Gasteiger partial charge >= 0.3 is 0 Å². The summed E-state index contributed by atoms with van der Waals surface area (Å²) in [5, 5.41) is 12.3. The monoisotopic (exact) mass is 365 g/mol. The molecule has 0 radical (unpaired) electrons. The van der Waals surface area contributed by atoms with E-state index in [9.17, 15) is 5.11 Å². The van der Waals surface area contributed by atoms with E-state index in [2.05, 4.69) is 11.9 Å². The molecule has 3 rings (SSSR count). The van der Waals surface area contributed by atoms with Crippen LogP contribution in [0, 0.1) is 0 Å². The fourth-order valence-corrected chi connectivity index (χ4v) is 3.80. The van der Waals surface area contributed by atoms with Crippen LogP contribution in [0.3, 0.4) is 0 Å². The smallest absolute Gasteiger partial charge is 0.116 e. The van der Waals surface area contributed by atoms with Gasteiger partial charge in [0.2, 0.25) is 0 Å². The topological polar surface area (TPSA) is 23.5 Å². The van der Waals surface area contributed by atoms with Crippen molar-refractivity contribution in [3.8, 4) is 0 Å². The normalized spacial score (nSPS) is 20.9. The van der Waals surface area contributed by atoms with Crippen LogP contribution in [-0.4, -0.2) is 29.6 Å². The summed E-state index contributed by atoms with van der Waals surface area (Å²) in [5.74, 6) is 0. The molecule has 1 heterocycles. The molecule has 0 amide bonds. The molecule has 130 valence electrons. The number of halogens is 2. The highest BCUT2D eigenvalue weighted by Gasteiger charge is 2.36. The fraction of sp³-hybridized carbons (Fsp3) is 0.400. The zero-order valence-electron chi connectivity index (χ0n) is 14.0. The van der Waals surface area contributed by atoms with Crippen molar-refractivity contribution in [2.75, 3.05) is 13.6 Å². The zero-order valence-corrected chi connectivity index (χ0v) is 15.6. The van der Waals surface area contributed by atoms with Crippen LogP contribution in [0.15, 0.2) is 54.6 Å². The van der Waals surface area contributed by atoms with Gasteiger partial charge in [-0.3, -0.25) is 0 Å². The fourth-order valence-electron chi connectivity index (χ4n) is 3.61. The first-order valence-corrected chi connectivity index (χ1v) is 8.71. The van der Waals surface area contributed by atoms with Crippen LogP contribution in [0.2, 0.25) is 5.02 Å². The Labute approximate surface area is 155 Å². The van der Waals surface area contributed by atoms with E-state index in [0.29, 0.717) is 17.5 Å². The molecule has 0 aliphatic carbocycles. The molecule has 2 aromatic rings. The SMILES string of the molecule is CN1CCCCC1CC(O)(c1ccccc1)c1cccc(Cl)c1.Cl. The van der Waals surface area contributed by atoms with Crippen molar-refractivity contribution >= 4 is 24.0 Å². The molecule has 24 heavy (non-hydrogen) atoms. The molecule has 2 nitrogen and oxygen atoms in total. The lowest BCUT2D eigenvalue weighted by atomic mass is 9.79. The van der Waals surface area contributed by atoms with Crippen molar-refractivity contribution in [3.05, 3.63) is 70.7 Å². The third-order valence-corrected chi connectivity index (χ3v) is 5.24. The first-order valence-electron chi connectivity index (χ1n) is 8.34. The average Bonchev–Trinajstić information content (AvgIpc) is 2.58. The van der Waals surface area contributed by atoms with Crippen molar-refractivity contribution < 1.29 is 5.11 Å². The lowest BCUT2D eigenvalue weighted by Crippen LogP contribution is -2.42. The Balaban J connectivity index is 0.00000208. The van der Waals surface area contributed by atoms with E-state index in [1.807, 2.05) is 54.6 Å². The highest BCUT2D eigenvalue weighted by Crippen LogP contribution is 2.37. The molecule has 2 aromatic carbocycles. The predicted molar refractivity (Wildman–Crippen MR) is 103 cm³/mol. The average molecular weight is 366 g/mol. The van der Waals surface area contributed by atoms with E-state index < -0.39 is 5.60 Å². The number of hydrogen-bond donors (Lipinski definition) is 1. The number of aliphatic hydroxyl groups is 1. The van der Waals surface area contributed by atoms with Gasteiger partial charge in [-0.2, -0.15) is 0 Å². The van der Waals surface area contributed by atoms with Crippen LogP contribution >= 0.6 is 24.0 Å². The van der Waals surface area contributed by atoms with Crippen molar-refractivity contribution in [1.82, 2.24) is 4.90 Å². The molecule has 1 aliphatic rings. The molecular weight excluding hydrogens is 341 g/mol. The summed E-state index contributed by atoms with van der Waals surface area (Å²) in [6, 6.07) is 18.0. The predicted octanol–water partition coefficient (Wildman–Crippen LogP) is 4.87. The summed E-state index contributed by atoms with van der Waals surface area (Å²) < 4.78 is 0. The highest BCUT2D eigenvalue weighted by molar-refractivity contribution is 6.30. The molecule has 1 N–H and O–H groups in total. The number of benzene rings is 2. The summed E-state index contributed by atoms with van der Waals surface area (Å²) in [6.45, 7) is 1.10. The van der Waals surface area contributed by atoms with Crippen LogP contribution in [0.1, 0.15) is 36.8 Å². The Hall–Kier alpha value is -1.06. The van der Waals surface area contributed by atoms with Gasteiger partial charge in [0, 0.05) is 17.5 Å². The third-order valence-electron chi connectivity index (χ3n) is 5.01. The zero-order chi connectivity index (χ0) is 16.3. The van der Waals surface area contributed by atoms with Gasteiger partial charge in [0.25, 0.3) is 0 Å². The van der Waals surface area contributed by atoms with Gasteiger partial charge in [0.05, 0.1) is 0 Å². The number of nitrogens with zero attached hydrogens (tertiary/aromatic N) is 1. The quantitative estimate of drug-likeness (QED) is 0.834. The van der Waals surface area contributed by atoms with Gasteiger partial charge in [-0.1, -0.05) is 60.5 Å². The summed E-state index contributed by atoms with van der Waals surface area (Å²) in [4.78, 5) is 2.38. The molecule has 2 atom stereocenters. The van der Waals surface area contributed by atoms with Crippen molar-refractivity contribution in [2.24, 2.45) is 0 Å². The maximum atomic E-state index is 11.7. The highest BCUT2D eigenvalue weighted by atomic mass is 35.5. The Morgan fingerprint density at radius 3 is 2.46 bits per heavy atom. The second-order valence-electron chi connectivity index (χ2n) is 6.57. The molecular formula is C20H25Cl2NO.